The summed E-state index contributed by atoms with van der Waals surface area (Å²) in [5, 5.41) is -0.289. The molecule has 0 aromatic heterocycles. The first kappa shape index (κ1) is 16.8. The van der Waals surface area contributed by atoms with Crippen molar-refractivity contribution in [2.45, 2.75) is 6.61 Å². The lowest BCUT2D eigenvalue weighted by Gasteiger charge is -2.35. The number of benzene rings is 2. The Morgan fingerprint density at radius 1 is 0.958 bits per heavy atom. The molecule has 5 heteroatoms. The molecule has 1 aliphatic rings. The van der Waals surface area contributed by atoms with E-state index in [9.17, 15) is 4.79 Å². The second-order valence-electron chi connectivity index (χ2n) is 5.89. The van der Waals surface area contributed by atoms with Gasteiger partial charge < -0.3 is 9.64 Å². The van der Waals surface area contributed by atoms with Crippen molar-refractivity contribution >= 4 is 22.5 Å². The Bertz CT molecular complexity index is 653. The molecule has 0 bridgehead atoms. The number of piperazine rings is 1. The van der Waals surface area contributed by atoms with Crippen molar-refractivity contribution in [3.63, 3.8) is 0 Å². The highest BCUT2D eigenvalue weighted by Gasteiger charge is 2.18. The van der Waals surface area contributed by atoms with Crippen molar-refractivity contribution in [3.8, 4) is 5.75 Å². The van der Waals surface area contributed by atoms with Crippen LogP contribution in [-0.4, -0.2) is 42.9 Å². The summed E-state index contributed by atoms with van der Waals surface area (Å²) < 4.78 is 5.82. The monoisotopic (exact) mass is 344 g/mol. The fourth-order valence-corrected chi connectivity index (χ4v) is 3.00. The number of ether oxygens (including phenoxy) is 1. The molecule has 0 atom stereocenters. The molecule has 1 saturated heterocycles. The van der Waals surface area contributed by atoms with Crippen LogP contribution in [0.5, 0.6) is 5.75 Å². The van der Waals surface area contributed by atoms with Gasteiger partial charge in [-0.25, -0.2) is 0 Å². The van der Waals surface area contributed by atoms with Crippen molar-refractivity contribution in [1.82, 2.24) is 4.90 Å². The summed E-state index contributed by atoms with van der Waals surface area (Å²) >= 11 is 5.45. The number of hydrogen-bond acceptors (Lipinski definition) is 4. The minimum Gasteiger partial charge on any atom is -0.489 e. The maximum Gasteiger partial charge on any atom is 0.235 e. The average molecular weight is 345 g/mol. The summed E-state index contributed by atoms with van der Waals surface area (Å²) in [5.74, 6) is 0.869. The molecule has 1 heterocycles. The zero-order valence-electron chi connectivity index (χ0n) is 13.5. The lowest BCUT2D eigenvalue weighted by molar-refractivity contribution is -0.112. The number of nitrogens with zero attached hydrogens (tertiary/aromatic N) is 2. The Balaban J connectivity index is 1.51. The normalized spacial score (nSPS) is 15.3. The van der Waals surface area contributed by atoms with Crippen molar-refractivity contribution in [1.29, 1.82) is 0 Å². The van der Waals surface area contributed by atoms with E-state index < -0.39 is 0 Å². The minimum atomic E-state index is -0.289. The van der Waals surface area contributed by atoms with Crippen LogP contribution in [0.15, 0.2) is 54.6 Å². The Hall–Kier alpha value is -2.04. The van der Waals surface area contributed by atoms with Crippen molar-refractivity contribution < 1.29 is 9.53 Å². The van der Waals surface area contributed by atoms with Gasteiger partial charge in [-0.2, -0.15) is 0 Å². The summed E-state index contributed by atoms with van der Waals surface area (Å²) in [6.45, 7) is 4.41. The summed E-state index contributed by atoms with van der Waals surface area (Å²) in [6, 6.07) is 18.3. The highest BCUT2D eigenvalue weighted by atomic mass is 35.5. The topological polar surface area (TPSA) is 32.8 Å². The summed E-state index contributed by atoms with van der Waals surface area (Å²) in [4.78, 5) is 15.4. The summed E-state index contributed by atoms with van der Waals surface area (Å²) in [7, 11) is 0. The van der Waals surface area contributed by atoms with Gasteiger partial charge in [-0.05, 0) is 41.4 Å². The van der Waals surface area contributed by atoms with E-state index in [1.807, 2.05) is 30.3 Å². The van der Waals surface area contributed by atoms with E-state index in [0.717, 1.165) is 37.5 Å². The van der Waals surface area contributed by atoms with Crippen LogP contribution < -0.4 is 9.64 Å². The van der Waals surface area contributed by atoms with Gasteiger partial charge in [-0.15, -0.1) is 0 Å². The maximum atomic E-state index is 11.0. The lowest BCUT2D eigenvalue weighted by atomic mass is 10.2. The third-order valence-electron chi connectivity index (χ3n) is 4.17. The number of rotatable bonds is 6. The molecule has 3 rings (SSSR count). The average Bonchev–Trinajstić information content (AvgIpc) is 2.62. The van der Waals surface area contributed by atoms with Crippen LogP contribution in [0.2, 0.25) is 0 Å². The van der Waals surface area contributed by atoms with E-state index in [-0.39, 0.29) is 5.24 Å². The molecule has 2 aromatic carbocycles. The van der Waals surface area contributed by atoms with Crippen molar-refractivity contribution in [2.75, 3.05) is 37.6 Å². The Morgan fingerprint density at radius 2 is 1.62 bits per heavy atom. The van der Waals surface area contributed by atoms with Gasteiger partial charge in [0.1, 0.15) is 12.4 Å². The second-order valence-corrected chi connectivity index (χ2v) is 6.31. The third kappa shape index (κ3) is 4.73. The molecule has 0 unspecified atom stereocenters. The van der Waals surface area contributed by atoms with Gasteiger partial charge in [-0.3, -0.25) is 9.69 Å². The molecular weight excluding hydrogens is 324 g/mol. The number of carbonyl (C=O) groups is 1. The van der Waals surface area contributed by atoms with E-state index >= 15 is 0 Å². The molecule has 126 valence electrons. The van der Waals surface area contributed by atoms with Crippen LogP contribution in [0, 0.1) is 0 Å². The number of hydrogen-bond donors (Lipinski definition) is 0. The van der Waals surface area contributed by atoms with Crippen molar-refractivity contribution in [2.24, 2.45) is 0 Å². The number of halogens is 1. The molecule has 0 aliphatic carbocycles. The first-order valence-electron chi connectivity index (χ1n) is 8.13. The maximum absolute atomic E-state index is 11.0. The van der Waals surface area contributed by atoms with Gasteiger partial charge in [0.05, 0.1) is 6.54 Å². The number of anilines is 1. The highest BCUT2D eigenvalue weighted by Crippen LogP contribution is 2.21. The third-order valence-corrected chi connectivity index (χ3v) is 4.29. The van der Waals surface area contributed by atoms with Crippen molar-refractivity contribution in [3.05, 3.63) is 60.2 Å². The molecule has 0 amide bonds. The summed E-state index contributed by atoms with van der Waals surface area (Å²) in [6.07, 6.45) is 0. The zero-order chi connectivity index (χ0) is 16.8. The van der Waals surface area contributed by atoms with Gasteiger partial charge in [0, 0.05) is 31.9 Å². The Labute approximate surface area is 147 Å². The molecule has 0 radical (unpaired) electrons. The fourth-order valence-electron chi connectivity index (χ4n) is 2.83. The highest BCUT2D eigenvalue weighted by molar-refractivity contribution is 6.64. The van der Waals surface area contributed by atoms with E-state index in [0.29, 0.717) is 13.2 Å². The molecular formula is C19H21ClN2O2. The number of carbonyl (C=O) groups excluding carboxylic acids is 1. The Kier molecular flexibility index (Phi) is 5.72. The van der Waals surface area contributed by atoms with Crippen LogP contribution in [-0.2, 0) is 11.4 Å². The van der Waals surface area contributed by atoms with E-state index in [1.54, 1.807) is 0 Å². The van der Waals surface area contributed by atoms with Gasteiger partial charge in [0.15, 0.2) is 0 Å². The van der Waals surface area contributed by atoms with E-state index in [2.05, 4.69) is 34.1 Å². The Morgan fingerprint density at radius 3 is 2.25 bits per heavy atom. The van der Waals surface area contributed by atoms with Gasteiger partial charge >= 0.3 is 0 Å². The van der Waals surface area contributed by atoms with Crippen LogP contribution in [0.3, 0.4) is 0 Å². The second kappa shape index (κ2) is 8.18. The molecule has 0 spiro atoms. The van der Waals surface area contributed by atoms with Gasteiger partial charge in [0.2, 0.25) is 5.24 Å². The molecule has 0 N–H and O–H groups in total. The fraction of sp³-hybridized carbons (Fsp3) is 0.316. The van der Waals surface area contributed by atoms with Crippen LogP contribution >= 0.6 is 11.6 Å². The van der Waals surface area contributed by atoms with E-state index in [1.165, 1.54) is 5.69 Å². The lowest BCUT2D eigenvalue weighted by Crippen LogP contribution is -2.47. The molecule has 1 aliphatic heterocycles. The van der Waals surface area contributed by atoms with Crippen LogP contribution in [0.1, 0.15) is 5.56 Å². The standard InChI is InChI=1S/C19H21ClN2O2/c20-19(23)14-21-10-12-22(13-11-21)17-6-8-18(9-7-17)24-15-16-4-2-1-3-5-16/h1-9H,10-15H2. The van der Waals surface area contributed by atoms with Gasteiger partial charge in [-0.1, -0.05) is 30.3 Å². The molecule has 1 fully saturated rings. The SMILES string of the molecule is O=C(Cl)CN1CCN(c2ccc(OCc3ccccc3)cc2)CC1. The molecule has 2 aromatic rings. The van der Waals surface area contributed by atoms with Crippen LogP contribution in [0.4, 0.5) is 5.69 Å². The predicted octanol–water partition coefficient (Wildman–Crippen LogP) is 3.15. The van der Waals surface area contributed by atoms with E-state index in [4.69, 9.17) is 16.3 Å². The molecule has 0 saturated carbocycles. The molecule has 4 nitrogen and oxygen atoms in total. The van der Waals surface area contributed by atoms with Crippen LogP contribution in [0.25, 0.3) is 0 Å². The minimum absolute atomic E-state index is 0.289. The first-order chi connectivity index (χ1) is 11.7. The first-order valence-corrected chi connectivity index (χ1v) is 8.51. The predicted molar refractivity (Wildman–Crippen MR) is 96.7 cm³/mol. The van der Waals surface area contributed by atoms with Gasteiger partial charge in [0.25, 0.3) is 0 Å². The smallest absolute Gasteiger partial charge is 0.235 e. The summed E-state index contributed by atoms with van der Waals surface area (Å²) in [5.41, 5.74) is 2.34. The molecule has 24 heavy (non-hydrogen) atoms. The zero-order valence-corrected chi connectivity index (χ0v) is 14.3. The quantitative estimate of drug-likeness (QED) is 0.754. The largest absolute Gasteiger partial charge is 0.489 e.